The van der Waals surface area contributed by atoms with Crippen molar-refractivity contribution >= 4 is 17.8 Å². The van der Waals surface area contributed by atoms with E-state index in [-0.39, 0.29) is 13.2 Å². The Kier molecular flexibility index (Phi) is 3.25. The van der Waals surface area contributed by atoms with Crippen molar-refractivity contribution < 1.29 is 24.2 Å². The third kappa shape index (κ3) is 1.84. The number of nitrogens with zero attached hydrogens (tertiary/aromatic N) is 1. The van der Waals surface area contributed by atoms with Gasteiger partial charge in [0.15, 0.2) is 0 Å². The highest BCUT2D eigenvalue weighted by Gasteiger charge is 2.54. The molecule has 2 amide bonds. The van der Waals surface area contributed by atoms with Gasteiger partial charge in [0.2, 0.25) is 11.8 Å². The quantitative estimate of drug-likeness (QED) is 0.626. The van der Waals surface area contributed by atoms with Gasteiger partial charge in [0.05, 0.1) is 13.2 Å². The number of carbonyl (C=O) groups is 3. The van der Waals surface area contributed by atoms with Crippen LogP contribution in [0.25, 0.3) is 0 Å². The molecule has 0 radical (unpaired) electrons. The van der Waals surface area contributed by atoms with E-state index in [9.17, 15) is 19.5 Å². The summed E-state index contributed by atoms with van der Waals surface area (Å²) in [6, 6.07) is -0.858. The van der Waals surface area contributed by atoms with Crippen molar-refractivity contribution in [2.45, 2.75) is 25.3 Å². The van der Waals surface area contributed by atoms with Gasteiger partial charge in [-0.1, -0.05) is 6.42 Å². The molecule has 7 nitrogen and oxygen atoms in total. The first-order chi connectivity index (χ1) is 8.49. The number of amides is 2. The second-order valence-corrected chi connectivity index (χ2v) is 4.73. The zero-order chi connectivity index (χ0) is 13.3. The summed E-state index contributed by atoms with van der Waals surface area (Å²) in [6.07, 6.45) is 1.36. The molecule has 1 saturated heterocycles. The van der Waals surface area contributed by atoms with Crippen molar-refractivity contribution in [3.8, 4) is 0 Å². The second-order valence-electron chi connectivity index (χ2n) is 4.73. The molecule has 3 N–H and O–H groups in total. The van der Waals surface area contributed by atoms with Gasteiger partial charge in [-0.05, 0) is 12.8 Å². The zero-order valence-corrected chi connectivity index (χ0v) is 9.92. The Balaban J connectivity index is 2.20. The lowest BCUT2D eigenvalue weighted by Gasteiger charge is -2.43. The Hall–Kier alpha value is -1.63. The summed E-state index contributed by atoms with van der Waals surface area (Å²) < 4.78 is 5.11. The smallest absolute Gasteiger partial charge is 0.319 e. The Morgan fingerprint density at radius 1 is 1.33 bits per heavy atom. The molecular weight excluding hydrogens is 240 g/mol. The van der Waals surface area contributed by atoms with Crippen molar-refractivity contribution in [3.05, 3.63) is 0 Å². The van der Waals surface area contributed by atoms with E-state index in [1.165, 1.54) is 4.90 Å². The largest absolute Gasteiger partial charge is 0.480 e. The lowest BCUT2D eigenvalue weighted by atomic mass is 9.67. The van der Waals surface area contributed by atoms with Crippen LogP contribution in [0.5, 0.6) is 0 Å². The zero-order valence-electron chi connectivity index (χ0n) is 9.92. The molecule has 0 bridgehead atoms. The molecule has 2 rings (SSSR count). The molecule has 2 aliphatic rings. The minimum atomic E-state index is -1.36. The molecule has 18 heavy (non-hydrogen) atoms. The molecule has 0 aromatic rings. The van der Waals surface area contributed by atoms with Gasteiger partial charge >= 0.3 is 5.97 Å². The summed E-state index contributed by atoms with van der Waals surface area (Å²) in [5.74, 6) is -2.29. The van der Waals surface area contributed by atoms with Crippen molar-refractivity contribution in [1.29, 1.82) is 0 Å². The second kappa shape index (κ2) is 4.56. The first-order valence-corrected chi connectivity index (χ1v) is 5.90. The number of ether oxygens (including phenoxy) is 1. The Morgan fingerprint density at radius 3 is 2.44 bits per heavy atom. The molecule has 1 unspecified atom stereocenters. The molecule has 1 heterocycles. The molecule has 0 aromatic heterocycles. The summed E-state index contributed by atoms with van der Waals surface area (Å²) in [5, 5.41) is 9.21. The highest BCUT2D eigenvalue weighted by molar-refractivity contribution is 6.04. The SMILES string of the molecule is NC(=O)C1COCCN1C(=O)C1(C(=O)O)CCC1. The third-order valence-electron chi connectivity index (χ3n) is 3.74. The fourth-order valence-electron chi connectivity index (χ4n) is 2.41. The topological polar surface area (TPSA) is 110 Å². The normalized spacial score (nSPS) is 26.2. The molecule has 1 saturated carbocycles. The molecule has 0 aromatic carbocycles. The lowest BCUT2D eigenvalue weighted by Crippen LogP contribution is -2.61. The molecule has 1 aliphatic carbocycles. The summed E-state index contributed by atoms with van der Waals surface area (Å²) in [5.41, 5.74) is 3.86. The van der Waals surface area contributed by atoms with E-state index in [1.807, 2.05) is 0 Å². The number of primary amides is 1. The van der Waals surface area contributed by atoms with Crippen molar-refractivity contribution in [3.63, 3.8) is 0 Å². The lowest BCUT2D eigenvalue weighted by molar-refractivity contribution is -0.173. The van der Waals surface area contributed by atoms with E-state index in [1.54, 1.807) is 0 Å². The van der Waals surface area contributed by atoms with Crippen LogP contribution in [-0.2, 0) is 19.1 Å². The fourth-order valence-corrected chi connectivity index (χ4v) is 2.41. The van der Waals surface area contributed by atoms with Crippen LogP contribution >= 0.6 is 0 Å². The minimum absolute atomic E-state index is 0.0385. The van der Waals surface area contributed by atoms with Crippen LogP contribution in [-0.4, -0.2) is 53.6 Å². The maximum absolute atomic E-state index is 12.3. The van der Waals surface area contributed by atoms with Crippen LogP contribution in [0, 0.1) is 5.41 Å². The van der Waals surface area contributed by atoms with Crippen LogP contribution in [0.4, 0.5) is 0 Å². The molecule has 100 valence electrons. The van der Waals surface area contributed by atoms with E-state index in [0.29, 0.717) is 25.9 Å². The van der Waals surface area contributed by atoms with Crippen molar-refractivity contribution in [1.82, 2.24) is 4.90 Å². The van der Waals surface area contributed by atoms with Gasteiger partial charge in [0, 0.05) is 6.54 Å². The van der Waals surface area contributed by atoms with Crippen LogP contribution in [0.15, 0.2) is 0 Å². The van der Waals surface area contributed by atoms with E-state index in [4.69, 9.17) is 10.5 Å². The van der Waals surface area contributed by atoms with Gasteiger partial charge in [-0.15, -0.1) is 0 Å². The molecular formula is C11H16N2O5. The summed E-state index contributed by atoms with van der Waals surface area (Å²) >= 11 is 0. The van der Waals surface area contributed by atoms with Crippen molar-refractivity contribution in [2.75, 3.05) is 19.8 Å². The Bertz CT molecular complexity index is 391. The third-order valence-corrected chi connectivity index (χ3v) is 3.74. The summed E-state index contributed by atoms with van der Waals surface area (Å²) in [7, 11) is 0. The van der Waals surface area contributed by atoms with Crippen LogP contribution < -0.4 is 5.73 Å². The van der Waals surface area contributed by atoms with E-state index >= 15 is 0 Å². The Morgan fingerprint density at radius 2 is 2.00 bits per heavy atom. The predicted molar refractivity (Wildman–Crippen MR) is 59.4 cm³/mol. The van der Waals surface area contributed by atoms with Crippen LogP contribution in [0.3, 0.4) is 0 Å². The fraction of sp³-hybridized carbons (Fsp3) is 0.727. The van der Waals surface area contributed by atoms with Gasteiger partial charge in [0.1, 0.15) is 11.5 Å². The van der Waals surface area contributed by atoms with Gasteiger partial charge in [-0.2, -0.15) is 0 Å². The van der Waals surface area contributed by atoms with Crippen molar-refractivity contribution in [2.24, 2.45) is 11.1 Å². The van der Waals surface area contributed by atoms with Gasteiger partial charge in [-0.25, -0.2) is 0 Å². The number of carboxylic acids is 1. The van der Waals surface area contributed by atoms with Crippen LogP contribution in [0.2, 0.25) is 0 Å². The van der Waals surface area contributed by atoms with E-state index < -0.39 is 29.2 Å². The average molecular weight is 256 g/mol. The van der Waals surface area contributed by atoms with Gasteiger partial charge in [-0.3, -0.25) is 14.4 Å². The minimum Gasteiger partial charge on any atom is -0.480 e. The maximum Gasteiger partial charge on any atom is 0.319 e. The molecule has 1 atom stereocenters. The number of carbonyl (C=O) groups excluding carboxylic acids is 2. The number of carboxylic acid groups (broad SMARTS) is 1. The molecule has 1 aliphatic heterocycles. The number of hydrogen-bond acceptors (Lipinski definition) is 4. The predicted octanol–water partition coefficient (Wildman–Crippen LogP) is -1.05. The maximum atomic E-state index is 12.3. The number of nitrogens with two attached hydrogens (primary N) is 1. The highest BCUT2D eigenvalue weighted by atomic mass is 16.5. The van der Waals surface area contributed by atoms with Gasteiger partial charge < -0.3 is 20.5 Å². The Labute approximate surface area is 104 Å². The average Bonchev–Trinajstić information content (AvgIpc) is 2.26. The summed E-state index contributed by atoms with van der Waals surface area (Å²) in [4.78, 5) is 36.1. The van der Waals surface area contributed by atoms with E-state index in [2.05, 4.69) is 0 Å². The number of morpholine rings is 1. The van der Waals surface area contributed by atoms with E-state index in [0.717, 1.165) is 0 Å². The molecule has 7 heteroatoms. The first kappa shape index (κ1) is 12.8. The highest BCUT2D eigenvalue weighted by Crippen LogP contribution is 2.43. The van der Waals surface area contributed by atoms with Gasteiger partial charge in [0.25, 0.3) is 0 Å². The molecule has 0 spiro atoms. The van der Waals surface area contributed by atoms with Crippen LogP contribution in [0.1, 0.15) is 19.3 Å². The summed E-state index contributed by atoms with van der Waals surface area (Å²) in [6.45, 7) is 0.545. The number of aliphatic carboxylic acids is 1. The molecule has 2 fully saturated rings. The monoisotopic (exact) mass is 256 g/mol. The first-order valence-electron chi connectivity index (χ1n) is 5.90. The number of rotatable bonds is 3. The standard InChI is InChI=1S/C11H16N2O5/c12-8(14)7-6-18-5-4-13(7)9(15)11(10(16)17)2-1-3-11/h7H,1-6H2,(H2,12,14)(H,16,17). The number of hydrogen-bond donors (Lipinski definition) is 2.